The zero-order valence-electron chi connectivity index (χ0n) is 10.00. The Hall–Kier alpha value is -1.42. The highest BCUT2D eigenvalue weighted by Gasteiger charge is 2.31. The van der Waals surface area contributed by atoms with E-state index in [-0.39, 0.29) is 0 Å². The number of thioether (sulfide) groups is 1. The fraction of sp³-hybridized carbons (Fsp3) is 0.200. The Morgan fingerprint density at radius 2 is 1.63 bits per heavy atom. The molecule has 0 amide bonds. The molecule has 0 aliphatic carbocycles. The van der Waals surface area contributed by atoms with E-state index in [9.17, 15) is 13.2 Å². The summed E-state index contributed by atoms with van der Waals surface area (Å²) in [4.78, 5) is 0.742. The molecule has 3 rings (SSSR count). The molecule has 0 spiro atoms. The summed E-state index contributed by atoms with van der Waals surface area (Å²) in [6.45, 7) is 0. The average Bonchev–Trinajstić information content (AvgIpc) is 2.55. The van der Waals surface area contributed by atoms with E-state index in [1.54, 1.807) is 6.07 Å². The number of hydrogen-bond acceptors (Lipinski definition) is 1. The summed E-state index contributed by atoms with van der Waals surface area (Å²) >= 11 is 1.48. The number of halogens is 3. The molecule has 0 radical (unpaired) electrons. The quantitative estimate of drug-likeness (QED) is 0.661. The highest BCUT2D eigenvalue weighted by Crippen LogP contribution is 2.38. The average molecular weight is 280 g/mol. The van der Waals surface area contributed by atoms with E-state index >= 15 is 0 Å². The van der Waals surface area contributed by atoms with Crippen LogP contribution in [0.5, 0.6) is 0 Å². The van der Waals surface area contributed by atoms with Crippen molar-refractivity contribution >= 4 is 11.8 Å². The zero-order chi connectivity index (χ0) is 13.5. The molecule has 0 atom stereocenters. The van der Waals surface area contributed by atoms with E-state index in [0.29, 0.717) is 6.42 Å². The highest BCUT2D eigenvalue weighted by molar-refractivity contribution is 7.98. The van der Waals surface area contributed by atoms with E-state index in [4.69, 9.17) is 0 Å². The summed E-state index contributed by atoms with van der Waals surface area (Å²) < 4.78 is 38.1. The molecule has 4 heteroatoms. The van der Waals surface area contributed by atoms with Crippen LogP contribution in [0.1, 0.15) is 22.3 Å². The van der Waals surface area contributed by atoms with E-state index < -0.39 is 11.7 Å². The first-order chi connectivity index (χ1) is 9.04. The van der Waals surface area contributed by atoms with Gasteiger partial charge in [0.25, 0.3) is 0 Å². The molecule has 0 N–H and O–H groups in total. The third kappa shape index (κ3) is 2.50. The van der Waals surface area contributed by atoms with Crippen molar-refractivity contribution in [3.05, 3.63) is 64.7 Å². The highest BCUT2D eigenvalue weighted by atomic mass is 32.2. The van der Waals surface area contributed by atoms with Crippen LogP contribution in [0.3, 0.4) is 0 Å². The molecule has 0 saturated carbocycles. The van der Waals surface area contributed by atoms with Crippen LogP contribution in [-0.4, -0.2) is 0 Å². The lowest BCUT2D eigenvalue weighted by molar-refractivity contribution is -0.137. The van der Waals surface area contributed by atoms with Gasteiger partial charge in [-0.2, -0.15) is 13.2 Å². The second-order valence-corrected chi connectivity index (χ2v) is 5.57. The molecule has 1 heterocycles. The third-order valence-electron chi connectivity index (χ3n) is 3.28. The van der Waals surface area contributed by atoms with Gasteiger partial charge in [-0.3, -0.25) is 0 Å². The SMILES string of the molecule is FC(F)(F)c1ccc2c(c1)SCc1ccccc1C2. The van der Waals surface area contributed by atoms with Gasteiger partial charge in [0.1, 0.15) is 0 Å². The van der Waals surface area contributed by atoms with Crippen molar-refractivity contribution in [1.29, 1.82) is 0 Å². The molecule has 0 bridgehead atoms. The Morgan fingerprint density at radius 1 is 0.895 bits per heavy atom. The van der Waals surface area contributed by atoms with Crippen LogP contribution < -0.4 is 0 Å². The normalized spacial score (nSPS) is 14.5. The molecule has 0 unspecified atom stereocenters. The summed E-state index contributed by atoms with van der Waals surface area (Å²) in [5.41, 5.74) is 2.82. The Bertz CT molecular complexity index is 617. The number of benzene rings is 2. The van der Waals surface area contributed by atoms with Gasteiger partial charge in [-0.05, 0) is 35.2 Å². The van der Waals surface area contributed by atoms with Crippen LogP contribution in [0, 0.1) is 0 Å². The Kier molecular flexibility index (Phi) is 3.05. The van der Waals surface area contributed by atoms with Crippen LogP contribution in [0.25, 0.3) is 0 Å². The van der Waals surface area contributed by atoms with Crippen molar-refractivity contribution in [2.75, 3.05) is 0 Å². The van der Waals surface area contributed by atoms with Crippen molar-refractivity contribution in [2.24, 2.45) is 0 Å². The number of alkyl halides is 3. The molecule has 0 fully saturated rings. The summed E-state index contributed by atoms with van der Waals surface area (Å²) in [6.07, 6.45) is -3.56. The maximum absolute atomic E-state index is 12.7. The molecular formula is C15H11F3S. The molecule has 19 heavy (non-hydrogen) atoms. The maximum atomic E-state index is 12.7. The van der Waals surface area contributed by atoms with E-state index in [2.05, 4.69) is 0 Å². The maximum Gasteiger partial charge on any atom is 0.416 e. The van der Waals surface area contributed by atoms with Crippen LogP contribution in [0.4, 0.5) is 13.2 Å². The molecule has 98 valence electrons. The standard InChI is InChI=1S/C15H11F3S/c16-15(17,18)13-6-5-11-7-10-3-1-2-4-12(10)9-19-14(11)8-13/h1-6,8H,7,9H2. The minimum atomic E-state index is -4.27. The van der Waals surface area contributed by atoms with Gasteiger partial charge in [-0.15, -0.1) is 11.8 Å². The smallest absolute Gasteiger partial charge is 0.166 e. The van der Waals surface area contributed by atoms with E-state index in [1.807, 2.05) is 24.3 Å². The third-order valence-corrected chi connectivity index (χ3v) is 4.42. The lowest BCUT2D eigenvalue weighted by atomic mass is 10.00. The Morgan fingerprint density at radius 3 is 2.37 bits per heavy atom. The molecule has 1 aliphatic rings. The Labute approximate surface area is 113 Å². The molecule has 2 aromatic rings. The number of hydrogen-bond donors (Lipinski definition) is 0. The van der Waals surface area contributed by atoms with Crippen molar-refractivity contribution < 1.29 is 13.2 Å². The molecule has 2 aromatic carbocycles. The molecule has 1 aliphatic heterocycles. The van der Waals surface area contributed by atoms with Crippen molar-refractivity contribution in [3.8, 4) is 0 Å². The number of rotatable bonds is 0. The summed E-state index contributed by atoms with van der Waals surface area (Å²) in [7, 11) is 0. The zero-order valence-corrected chi connectivity index (χ0v) is 10.8. The van der Waals surface area contributed by atoms with Gasteiger partial charge in [-0.25, -0.2) is 0 Å². The summed E-state index contributed by atoms with van der Waals surface area (Å²) in [6, 6.07) is 12.1. The van der Waals surface area contributed by atoms with Gasteiger partial charge in [0.15, 0.2) is 0 Å². The largest absolute Gasteiger partial charge is 0.416 e. The van der Waals surface area contributed by atoms with Gasteiger partial charge in [0, 0.05) is 10.6 Å². The molecular weight excluding hydrogens is 269 g/mol. The van der Waals surface area contributed by atoms with Crippen LogP contribution >= 0.6 is 11.8 Å². The summed E-state index contributed by atoms with van der Waals surface area (Å²) in [5, 5.41) is 0. The second-order valence-electron chi connectivity index (χ2n) is 4.55. The number of fused-ring (bicyclic) bond motifs is 2. The van der Waals surface area contributed by atoms with Crippen LogP contribution in [0.2, 0.25) is 0 Å². The van der Waals surface area contributed by atoms with Crippen molar-refractivity contribution in [2.45, 2.75) is 23.2 Å². The minimum absolute atomic E-state index is 0.565. The van der Waals surface area contributed by atoms with Crippen molar-refractivity contribution in [3.63, 3.8) is 0 Å². The lowest BCUT2D eigenvalue weighted by Crippen LogP contribution is -2.05. The van der Waals surface area contributed by atoms with Gasteiger partial charge in [0.05, 0.1) is 5.56 Å². The van der Waals surface area contributed by atoms with E-state index in [0.717, 1.165) is 16.2 Å². The van der Waals surface area contributed by atoms with Gasteiger partial charge >= 0.3 is 6.18 Å². The first kappa shape index (κ1) is 12.6. The molecule has 0 nitrogen and oxygen atoms in total. The molecule has 0 saturated heterocycles. The predicted octanol–water partition coefficient (Wildman–Crippen LogP) is 4.90. The fourth-order valence-corrected chi connectivity index (χ4v) is 3.37. The van der Waals surface area contributed by atoms with Crippen LogP contribution in [0.15, 0.2) is 47.4 Å². The van der Waals surface area contributed by atoms with Crippen molar-refractivity contribution in [1.82, 2.24) is 0 Å². The first-order valence-electron chi connectivity index (χ1n) is 5.94. The van der Waals surface area contributed by atoms with Crippen LogP contribution in [-0.2, 0) is 18.3 Å². The predicted molar refractivity (Wildman–Crippen MR) is 70.3 cm³/mol. The second kappa shape index (κ2) is 4.60. The lowest BCUT2D eigenvalue weighted by Gasteiger charge is -2.10. The molecule has 0 aromatic heterocycles. The monoisotopic (exact) mass is 280 g/mol. The Balaban J connectivity index is 2.02. The fourth-order valence-electron chi connectivity index (χ4n) is 2.24. The topological polar surface area (TPSA) is 0 Å². The minimum Gasteiger partial charge on any atom is -0.166 e. The van der Waals surface area contributed by atoms with Gasteiger partial charge in [0.2, 0.25) is 0 Å². The van der Waals surface area contributed by atoms with E-state index in [1.165, 1.54) is 35.0 Å². The van der Waals surface area contributed by atoms with Gasteiger partial charge < -0.3 is 0 Å². The van der Waals surface area contributed by atoms with Gasteiger partial charge in [-0.1, -0.05) is 30.3 Å². The first-order valence-corrected chi connectivity index (χ1v) is 6.92. The summed E-state index contributed by atoms with van der Waals surface area (Å²) in [5.74, 6) is 0.727.